The van der Waals surface area contributed by atoms with Gasteiger partial charge in [0, 0.05) is 31.2 Å². The summed E-state index contributed by atoms with van der Waals surface area (Å²) in [5.74, 6) is 0.561. The van der Waals surface area contributed by atoms with E-state index in [1.807, 2.05) is 18.2 Å². The van der Waals surface area contributed by atoms with E-state index in [2.05, 4.69) is 32.1 Å². The fraction of sp³-hybridized carbons (Fsp3) is 0.353. The number of hydrogen-bond acceptors (Lipinski definition) is 5. The molecule has 0 aliphatic carbocycles. The molecule has 0 atom stereocenters. The summed E-state index contributed by atoms with van der Waals surface area (Å²) in [6.45, 7) is 3.82. The Hall–Kier alpha value is -2.18. The number of likely N-dealkylation sites (N-methyl/N-ethyl adjacent to an activating group) is 1. The first-order valence-electron chi connectivity index (χ1n) is 7.90. The van der Waals surface area contributed by atoms with E-state index in [1.54, 1.807) is 18.5 Å². The Kier molecular flexibility index (Phi) is 5.27. The van der Waals surface area contributed by atoms with Crippen molar-refractivity contribution in [3.63, 3.8) is 0 Å². The van der Waals surface area contributed by atoms with Crippen LogP contribution in [-0.4, -0.2) is 54.0 Å². The molecule has 24 heavy (non-hydrogen) atoms. The highest BCUT2D eigenvalue weighted by molar-refractivity contribution is 6.31. The second kappa shape index (κ2) is 7.59. The van der Waals surface area contributed by atoms with Gasteiger partial charge in [-0.15, -0.1) is 0 Å². The molecule has 1 aromatic carbocycles. The lowest BCUT2D eigenvalue weighted by atomic mass is 10.1. The van der Waals surface area contributed by atoms with Crippen LogP contribution in [-0.2, 0) is 11.2 Å². The van der Waals surface area contributed by atoms with Crippen molar-refractivity contribution in [2.24, 2.45) is 0 Å². The van der Waals surface area contributed by atoms with Crippen molar-refractivity contribution in [3.8, 4) is 0 Å². The molecule has 1 aromatic heterocycles. The van der Waals surface area contributed by atoms with Crippen LogP contribution in [0.15, 0.2) is 36.7 Å². The number of nitrogens with one attached hydrogen (secondary N) is 1. The molecule has 2 aromatic rings. The molecular weight excluding hydrogens is 326 g/mol. The second-order valence-electron chi connectivity index (χ2n) is 5.88. The molecule has 1 aliphatic heterocycles. The lowest BCUT2D eigenvalue weighted by Gasteiger charge is -2.32. The lowest BCUT2D eigenvalue weighted by Crippen LogP contribution is -2.45. The third-order valence-corrected chi connectivity index (χ3v) is 4.39. The Morgan fingerprint density at radius 1 is 1.17 bits per heavy atom. The molecule has 1 fully saturated rings. The number of benzene rings is 1. The number of aromatic nitrogens is 2. The van der Waals surface area contributed by atoms with Gasteiger partial charge in [-0.05, 0) is 18.7 Å². The maximum absolute atomic E-state index is 12.1. The summed E-state index contributed by atoms with van der Waals surface area (Å²) < 4.78 is 0. The Labute approximate surface area is 146 Å². The van der Waals surface area contributed by atoms with Gasteiger partial charge in [0.05, 0.1) is 24.5 Å². The highest BCUT2D eigenvalue weighted by Crippen LogP contribution is 2.17. The van der Waals surface area contributed by atoms with Crippen molar-refractivity contribution in [2.75, 3.05) is 43.4 Å². The fourth-order valence-electron chi connectivity index (χ4n) is 2.58. The Balaban J connectivity index is 1.58. The SMILES string of the molecule is CN1CCN(c2ncc(NC(=O)Cc3ccccc3Cl)cn2)CC1. The number of halogens is 1. The molecule has 1 aliphatic rings. The smallest absolute Gasteiger partial charge is 0.228 e. The van der Waals surface area contributed by atoms with Gasteiger partial charge in [0.15, 0.2) is 0 Å². The van der Waals surface area contributed by atoms with Crippen LogP contribution in [0.2, 0.25) is 5.02 Å². The van der Waals surface area contributed by atoms with Crippen LogP contribution in [0.3, 0.4) is 0 Å². The summed E-state index contributed by atoms with van der Waals surface area (Å²) in [5.41, 5.74) is 1.39. The molecule has 1 N–H and O–H groups in total. The standard InChI is InChI=1S/C17H20ClN5O/c1-22-6-8-23(9-7-22)17-19-11-14(12-20-17)21-16(24)10-13-4-2-3-5-15(13)18/h2-5,11-12H,6-10H2,1H3,(H,21,24). The van der Waals surface area contributed by atoms with E-state index in [-0.39, 0.29) is 12.3 Å². The minimum Gasteiger partial charge on any atom is -0.338 e. The van der Waals surface area contributed by atoms with E-state index in [0.29, 0.717) is 16.7 Å². The Bertz CT molecular complexity index is 698. The number of hydrogen-bond donors (Lipinski definition) is 1. The van der Waals surface area contributed by atoms with E-state index in [9.17, 15) is 4.79 Å². The third kappa shape index (κ3) is 4.21. The first-order chi connectivity index (χ1) is 11.6. The summed E-state index contributed by atoms with van der Waals surface area (Å²) >= 11 is 6.07. The van der Waals surface area contributed by atoms with Crippen LogP contribution in [0.1, 0.15) is 5.56 Å². The molecule has 0 saturated carbocycles. The largest absolute Gasteiger partial charge is 0.338 e. The predicted octanol–water partition coefficient (Wildman–Crippen LogP) is 2.06. The minimum atomic E-state index is -0.140. The first-order valence-corrected chi connectivity index (χ1v) is 8.28. The van der Waals surface area contributed by atoms with Crippen molar-refractivity contribution in [2.45, 2.75) is 6.42 Å². The number of piperazine rings is 1. The monoisotopic (exact) mass is 345 g/mol. The molecule has 2 heterocycles. The number of carbonyl (C=O) groups is 1. The van der Waals surface area contributed by atoms with Crippen molar-refractivity contribution in [1.29, 1.82) is 0 Å². The summed E-state index contributed by atoms with van der Waals surface area (Å²) in [7, 11) is 2.11. The zero-order valence-corrected chi connectivity index (χ0v) is 14.3. The van der Waals surface area contributed by atoms with Crippen LogP contribution in [0, 0.1) is 0 Å². The van der Waals surface area contributed by atoms with Crippen LogP contribution in [0.5, 0.6) is 0 Å². The molecule has 6 nitrogen and oxygen atoms in total. The third-order valence-electron chi connectivity index (χ3n) is 4.02. The average molecular weight is 346 g/mol. The molecule has 0 radical (unpaired) electrons. The normalized spacial score (nSPS) is 15.3. The van der Waals surface area contributed by atoms with E-state index < -0.39 is 0 Å². The molecule has 3 rings (SSSR count). The summed E-state index contributed by atoms with van der Waals surface area (Å²) in [6.07, 6.45) is 3.51. The maximum Gasteiger partial charge on any atom is 0.228 e. The van der Waals surface area contributed by atoms with Gasteiger partial charge in [-0.2, -0.15) is 0 Å². The minimum absolute atomic E-state index is 0.140. The van der Waals surface area contributed by atoms with Gasteiger partial charge in [-0.3, -0.25) is 4.79 Å². The zero-order valence-electron chi connectivity index (χ0n) is 13.6. The quantitative estimate of drug-likeness (QED) is 0.919. The van der Waals surface area contributed by atoms with Gasteiger partial charge >= 0.3 is 0 Å². The van der Waals surface area contributed by atoms with E-state index in [4.69, 9.17) is 11.6 Å². The molecule has 0 bridgehead atoms. The Morgan fingerprint density at radius 3 is 2.50 bits per heavy atom. The van der Waals surface area contributed by atoms with Crippen LogP contribution >= 0.6 is 11.6 Å². The topological polar surface area (TPSA) is 61.4 Å². The molecule has 126 valence electrons. The Morgan fingerprint density at radius 2 is 1.83 bits per heavy atom. The second-order valence-corrected chi connectivity index (χ2v) is 6.29. The summed E-state index contributed by atoms with van der Waals surface area (Å²) in [5, 5.41) is 3.40. The van der Waals surface area contributed by atoms with Crippen LogP contribution < -0.4 is 10.2 Å². The lowest BCUT2D eigenvalue weighted by molar-refractivity contribution is -0.115. The van der Waals surface area contributed by atoms with E-state index in [1.165, 1.54) is 0 Å². The molecule has 0 spiro atoms. The van der Waals surface area contributed by atoms with Gasteiger partial charge < -0.3 is 15.1 Å². The summed E-state index contributed by atoms with van der Waals surface area (Å²) in [6, 6.07) is 7.32. The van der Waals surface area contributed by atoms with Gasteiger partial charge in [0.2, 0.25) is 11.9 Å². The van der Waals surface area contributed by atoms with Crippen molar-refractivity contribution < 1.29 is 4.79 Å². The number of carbonyl (C=O) groups excluding carboxylic acids is 1. The molecule has 1 saturated heterocycles. The average Bonchev–Trinajstić information content (AvgIpc) is 2.58. The first kappa shape index (κ1) is 16.7. The van der Waals surface area contributed by atoms with E-state index >= 15 is 0 Å². The number of rotatable bonds is 4. The predicted molar refractivity (Wildman–Crippen MR) is 95.5 cm³/mol. The highest BCUT2D eigenvalue weighted by atomic mass is 35.5. The van der Waals surface area contributed by atoms with Crippen LogP contribution in [0.4, 0.5) is 11.6 Å². The van der Waals surface area contributed by atoms with E-state index in [0.717, 1.165) is 31.7 Å². The van der Waals surface area contributed by atoms with Crippen molar-refractivity contribution in [1.82, 2.24) is 14.9 Å². The molecule has 0 unspecified atom stereocenters. The highest BCUT2D eigenvalue weighted by Gasteiger charge is 2.16. The van der Waals surface area contributed by atoms with Gasteiger partial charge in [-0.1, -0.05) is 29.8 Å². The van der Waals surface area contributed by atoms with Gasteiger partial charge in [0.1, 0.15) is 0 Å². The molecule has 7 heteroatoms. The number of nitrogens with zero attached hydrogens (tertiary/aromatic N) is 4. The molecular formula is C17H20ClN5O. The number of amides is 1. The van der Waals surface area contributed by atoms with Gasteiger partial charge in [0.25, 0.3) is 0 Å². The van der Waals surface area contributed by atoms with Crippen LogP contribution in [0.25, 0.3) is 0 Å². The van der Waals surface area contributed by atoms with Crippen molar-refractivity contribution >= 4 is 29.1 Å². The zero-order chi connectivity index (χ0) is 16.9. The number of anilines is 2. The van der Waals surface area contributed by atoms with Crippen molar-refractivity contribution in [3.05, 3.63) is 47.2 Å². The maximum atomic E-state index is 12.1. The molecule has 1 amide bonds. The van der Waals surface area contributed by atoms with Gasteiger partial charge in [-0.25, -0.2) is 9.97 Å². The summed E-state index contributed by atoms with van der Waals surface area (Å²) in [4.78, 5) is 25.3. The fourth-order valence-corrected chi connectivity index (χ4v) is 2.78.